The molecule has 1 aromatic rings. The van der Waals surface area contributed by atoms with E-state index in [-0.39, 0.29) is 6.42 Å². The summed E-state index contributed by atoms with van der Waals surface area (Å²) < 4.78 is 40.4. The van der Waals surface area contributed by atoms with Crippen molar-refractivity contribution < 1.29 is 23.0 Å². The first-order valence-electron chi connectivity index (χ1n) is 5.51. The second kappa shape index (κ2) is 6.27. The fourth-order valence-corrected chi connectivity index (χ4v) is 3.29. The highest BCUT2D eigenvalue weighted by atomic mass is 79.9. The van der Waals surface area contributed by atoms with Gasteiger partial charge < -0.3 is 10.2 Å². The van der Waals surface area contributed by atoms with Crippen LogP contribution in [0.2, 0.25) is 0 Å². The monoisotopic (exact) mass is 355 g/mol. The van der Waals surface area contributed by atoms with Crippen LogP contribution in [0.5, 0.6) is 0 Å². The number of aliphatic hydroxyl groups excluding tert-OH is 2. The SMILES string of the molecule is CCC(CO)(CO)NS(=O)(=O)c1ccc(Br)cc1F. The number of sulfonamides is 1. The summed E-state index contributed by atoms with van der Waals surface area (Å²) in [6.07, 6.45) is 0.164. The molecule has 0 unspecified atom stereocenters. The normalized spacial score (nSPS) is 12.7. The Morgan fingerprint density at radius 2 is 1.95 bits per heavy atom. The van der Waals surface area contributed by atoms with E-state index < -0.39 is 39.5 Å². The molecule has 0 aromatic heterocycles. The Bertz CT molecular complexity index is 537. The topological polar surface area (TPSA) is 86.6 Å². The molecule has 0 saturated carbocycles. The molecule has 0 radical (unpaired) electrons. The highest BCUT2D eigenvalue weighted by Crippen LogP contribution is 2.21. The first-order valence-corrected chi connectivity index (χ1v) is 7.78. The molecule has 0 aliphatic carbocycles. The largest absolute Gasteiger partial charge is 0.394 e. The third-order valence-electron chi connectivity index (χ3n) is 2.82. The lowest BCUT2D eigenvalue weighted by Crippen LogP contribution is -2.53. The fourth-order valence-electron chi connectivity index (χ4n) is 1.44. The molecule has 0 aliphatic rings. The third-order valence-corrected chi connectivity index (χ3v) is 4.92. The van der Waals surface area contributed by atoms with Gasteiger partial charge >= 0.3 is 0 Å². The van der Waals surface area contributed by atoms with Crippen LogP contribution < -0.4 is 4.72 Å². The summed E-state index contributed by atoms with van der Waals surface area (Å²) in [4.78, 5) is -0.532. The quantitative estimate of drug-likeness (QED) is 0.710. The Hall–Kier alpha value is -0.540. The molecule has 8 heteroatoms. The van der Waals surface area contributed by atoms with Crippen LogP contribution in [0.15, 0.2) is 27.6 Å². The minimum Gasteiger partial charge on any atom is -0.394 e. The summed E-state index contributed by atoms with van der Waals surface area (Å²) in [5.41, 5.74) is -1.40. The van der Waals surface area contributed by atoms with Gasteiger partial charge in [-0.3, -0.25) is 0 Å². The van der Waals surface area contributed by atoms with Crippen molar-refractivity contribution in [1.29, 1.82) is 0 Å². The molecule has 108 valence electrons. The average Bonchev–Trinajstić information content (AvgIpc) is 2.35. The molecule has 1 rings (SSSR count). The first-order chi connectivity index (χ1) is 8.80. The maximum Gasteiger partial charge on any atom is 0.244 e. The molecule has 0 saturated heterocycles. The third kappa shape index (κ3) is 3.73. The maximum atomic E-state index is 13.7. The van der Waals surface area contributed by atoms with E-state index in [9.17, 15) is 23.0 Å². The Morgan fingerprint density at radius 1 is 1.37 bits per heavy atom. The zero-order valence-corrected chi connectivity index (χ0v) is 12.6. The summed E-state index contributed by atoms with van der Waals surface area (Å²) in [5.74, 6) is -0.914. The molecule has 0 bridgehead atoms. The zero-order chi connectivity index (χ0) is 14.7. The van der Waals surface area contributed by atoms with Crippen LogP contribution in [0.1, 0.15) is 13.3 Å². The average molecular weight is 356 g/mol. The molecule has 0 spiro atoms. The van der Waals surface area contributed by atoms with E-state index in [0.29, 0.717) is 4.47 Å². The Kier molecular flexibility index (Phi) is 5.45. The van der Waals surface area contributed by atoms with Crippen molar-refractivity contribution in [3.8, 4) is 0 Å². The van der Waals surface area contributed by atoms with E-state index in [2.05, 4.69) is 20.7 Å². The summed E-state index contributed by atoms with van der Waals surface area (Å²) in [6, 6.07) is 3.53. The molecule has 19 heavy (non-hydrogen) atoms. The van der Waals surface area contributed by atoms with Crippen molar-refractivity contribution in [2.45, 2.75) is 23.8 Å². The van der Waals surface area contributed by atoms with Gasteiger partial charge in [-0.25, -0.2) is 17.5 Å². The molecule has 0 fully saturated rings. The van der Waals surface area contributed by atoms with Crippen molar-refractivity contribution in [3.05, 3.63) is 28.5 Å². The second-order valence-electron chi connectivity index (χ2n) is 4.13. The van der Waals surface area contributed by atoms with Gasteiger partial charge in [-0.05, 0) is 24.6 Å². The van der Waals surface area contributed by atoms with Gasteiger partial charge in [0.25, 0.3) is 0 Å². The van der Waals surface area contributed by atoms with E-state index in [0.717, 1.165) is 12.1 Å². The standard InChI is InChI=1S/C11H15BrFNO4S/c1-2-11(6-15,7-16)14-19(17,18)10-4-3-8(12)5-9(10)13/h3-5,14-16H,2,6-7H2,1H3. The number of rotatable bonds is 6. The van der Waals surface area contributed by atoms with Gasteiger partial charge in [0.05, 0.1) is 18.8 Å². The summed E-state index contributed by atoms with van der Waals surface area (Å²) in [7, 11) is -4.17. The minimum absolute atomic E-state index is 0.164. The lowest BCUT2D eigenvalue weighted by molar-refractivity contribution is 0.105. The molecule has 0 amide bonds. The zero-order valence-electron chi connectivity index (χ0n) is 10.2. The Morgan fingerprint density at radius 3 is 2.37 bits per heavy atom. The Labute approximate surface area is 119 Å². The van der Waals surface area contributed by atoms with Crippen LogP contribution in [0.4, 0.5) is 4.39 Å². The van der Waals surface area contributed by atoms with Crippen LogP contribution in [0.3, 0.4) is 0 Å². The predicted molar refractivity (Wildman–Crippen MR) is 71.6 cm³/mol. The molecule has 3 N–H and O–H groups in total. The number of hydrogen-bond donors (Lipinski definition) is 3. The van der Waals surface area contributed by atoms with Gasteiger partial charge in [0.1, 0.15) is 10.7 Å². The highest BCUT2D eigenvalue weighted by molar-refractivity contribution is 9.10. The summed E-state index contributed by atoms with van der Waals surface area (Å²) in [5, 5.41) is 18.4. The molecule has 0 atom stereocenters. The number of nitrogens with one attached hydrogen (secondary N) is 1. The number of aliphatic hydroxyl groups is 2. The molecule has 5 nitrogen and oxygen atoms in total. The van der Waals surface area contributed by atoms with Gasteiger partial charge in [-0.2, -0.15) is 0 Å². The molecule has 1 aromatic carbocycles. The highest BCUT2D eigenvalue weighted by Gasteiger charge is 2.33. The van der Waals surface area contributed by atoms with E-state index in [4.69, 9.17) is 0 Å². The molecular weight excluding hydrogens is 341 g/mol. The van der Waals surface area contributed by atoms with Crippen LogP contribution in [0.25, 0.3) is 0 Å². The van der Waals surface area contributed by atoms with E-state index in [1.165, 1.54) is 6.07 Å². The van der Waals surface area contributed by atoms with Gasteiger partial charge in [-0.15, -0.1) is 0 Å². The van der Waals surface area contributed by atoms with Crippen LogP contribution >= 0.6 is 15.9 Å². The van der Waals surface area contributed by atoms with Gasteiger partial charge in [0.2, 0.25) is 10.0 Å². The lowest BCUT2D eigenvalue weighted by Gasteiger charge is -2.29. The second-order valence-corrected chi connectivity index (χ2v) is 6.70. The van der Waals surface area contributed by atoms with Crippen molar-refractivity contribution in [2.75, 3.05) is 13.2 Å². The van der Waals surface area contributed by atoms with Gasteiger partial charge in [0, 0.05) is 4.47 Å². The molecule has 0 aliphatic heterocycles. The first kappa shape index (κ1) is 16.5. The number of benzene rings is 1. The number of hydrogen-bond acceptors (Lipinski definition) is 4. The minimum atomic E-state index is -4.17. The van der Waals surface area contributed by atoms with E-state index in [1.807, 2.05) is 0 Å². The van der Waals surface area contributed by atoms with Crippen molar-refractivity contribution >= 4 is 26.0 Å². The smallest absolute Gasteiger partial charge is 0.244 e. The fraction of sp³-hybridized carbons (Fsp3) is 0.455. The number of halogens is 2. The summed E-state index contributed by atoms with van der Waals surface area (Å²) >= 11 is 3.03. The van der Waals surface area contributed by atoms with Gasteiger partial charge in [0.15, 0.2) is 0 Å². The van der Waals surface area contributed by atoms with E-state index >= 15 is 0 Å². The van der Waals surface area contributed by atoms with Gasteiger partial charge in [-0.1, -0.05) is 22.9 Å². The molecular formula is C11H15BrFNO4S. The van der Waals surface area contributed by atoms with Crippen LogP contribution in [0, 0.1) is 5.82 Å². The summed E-state index contributed by atoms with van der Waals surface area (Å²) in [6.45, 7) is 0.432. The van der Waals surface area contributed by atoms with Crippen LogP contribution in [-0.2, 0) is 10.0 Å². The lowest BCUT2D eigenvalue weighted by atomic mass is 10.0. The molecule has 0 heterocycles. The van der Waals surface area contributed by atoms with Crippen molar-refractivity contribution in [2.24, 2.45) is 0 Å². The maximum absolute atomic E-state index is 13.7. The van der Waals surface area contributed by atoms with Crippen molar-refractivity contribution in [3.63, 3.8) is 0 Å². The van der Waals surface area contributed by atoms with Crippen molar-refractivity contribution in [1.82, 2.24) is 4.72 Å². The van der Waals surface area contributed by atoms with E-state index in [1.54, 1.807) is 6.92 Å². The Balaban J connectivity index is 3.17. The predicted octanol–water partition coefficient (Wildman–Crippen LogP) is 1.000. The van der Waals surface area contributed by atoms with Crippen LogP contribution in [-0.4, -0.2) is 37.4 Å².